The highest BCUT2D eigenvalue weighted by Gasteiger charge is 2.13. The number of nitrogens with zero attached hydrogens (tertiary/aromatic N) is 1. The Morgan fingerprint density at radius 1 is 1.33 bits per heavy atom. The van der Waals surface area contributed by atoms with Crippen LogP contribution in [0.4, 0.5) is 5.69 Å². The SMILES string of the molecule is Cc1n[nH]c(C)c1CC(=O)Nc1ccccc1OC(C)C. The van der Waals surface area contributed by atoms with Gasteiger partial charge in [-0.2, -0.15) is 5.10 Å². The highest BCUT2D eigenvalue weighted by molar-refractivity contribution is 5.93. The Kier molecular flexibility index (Phi) is 4.62. The number of carbonyl (C=O) groups is 1. The van der Waals surface area contributed by atoms with Crippen LogP contribution >= 0.6 is 0 Å². The van der Waals surface area contributed by atoms with E-state index in [1.807, 2.05) is 52.0 Å². The van der Waals surface area contributed by atoms with Gasteiger partial charge in [-0.3, -0.25) is 9.89 Å². The van der Waals surface area contributed by atoms with Crippen molar-refractivity contribution in [3.8, 4) is 5.75 Å². The number of aryl methyl sites for hydroxylation is 2. The maximum atomic E-state index is 12.2. The van der Waals surface area contributed by atoms with Gasteiger partial charge < -0.3 is 10.1 Å². The van der Waals surface area contributed by atoms with E-state index >= 15 is 0 Å². The second-order valence-corrected chi connectivity index (χ2v) is 5.30. The van der Waals surface area contributed by atoms with E-state index in [9.17, 15) is 4.79 Å². The quantitative estimate of drug-likeness (QED) is 0.888. The topological polar surface area (TPSA) is 67.0 Å². The Morgan fingerprint density at radius 3 is 2.67 bits per heavy atom. The first-order chi connectivity index (χ1) is 9.97. The van der Waals surface area contributed by atoms with Gasteiger partial charge in [0.05, 0.1) is 23.9 Å². The number of aromatic amines is 1. The van der Waals surface area contributed by atoms with Crippen molar-refractivity contribution in [1.82, 2.24) is 10.2 Å². The van der Waals surface area contributed by atoms with Crippen molar-refractivity contribution in [3.63, 3.8) is 0 Å². The smallest absolute Gasteiger partial charge is 0.229 e. The molecule has 2 N–H and O–H groups in total. The van der Waals surface area contributed by atoms with Gasteiger partial charge in [-0.1, -0.05) is 12.1 Å². The van der Waals surface area contributed by atoms with Gasteiger partial charge in [-0.15, -0.1) is 0 Å². The molecule has 0 spiro atoms. The third kappa shape index (κ3) is 3.84. The summed E-state index contributed by atoms with van der Waals surface area (Å²) in [5.74, 6) is 0.601. The highest BCUT2D eigenvalue weighted by Crippen LogP contribution is 2.25. The summed E-state index contributed by atoms with van der Waals surface area (Å²) in [6, 6.07) is 7.45. The fourth-order valence-electron chi connectivity index (χ4n) is 2.12. The number of amides is 1. The molecule has 2 aromatic rings. The van der Waals surface area contributed by atoms with Gasteiger partial charge in [0.2, 0.25) is 5.91 Å². The Labute approximate surface area is 124 Å². The van der Waals surface area contributed by atoms with Crippen molar-refractivity contribution in [2.45, 2.75) is 40.2 Å². The van der Waals surface area contributed by atoms with Crippen LogP contribution < -0.4 is 10.1 Å². The number of aromatic nitrogens is 2. The molecule has 112 valence electrons. The van der Waals surface area contributed by atoms with Gasteiger partial charge in [0.25, 0.3) is 0 Å². The molecule has 1 aromatic heterocycles. The monoisotopic (exact) mass is 287 g/mol. The molecular formula is C16H21N3O2. The number of anilines is 1. The van der Waals surface area contributed by atoms with E-state index in [-0.39, 0.29) is 12.0 Å². The molecule has 21 heavy (non-hydrogen) atoms. The average Bonchev–Trinajstić information content (AvgIpc) is 2.72. The first kappa shape index (κ1) is 15.1. The van der Waals surface area contributed by atoms with Gasteiger partial charge in [-0.05, 0) is 39.8 Å². The van der Waals surface area contributed by atoms with Crippen LogP contribution in [0.15, 0.2) is 24.3 Å². The van der Waals surface area contributed by atoms with Crippen LogP contribution in [-0.4, -0.2) is 22.2 Å². The molecular weight excluding hydrogens is 266 g/mol. The fourth-order valence-corrected chi connectivity index (χ4v) is 2.12. The summed E-state index contributed by atoms with van der Waals surface area (Å²) < 4.78 is 5.70. The average molecular weight is 287 g/mol. The molecule has 5 heteroatoms. The summed E-state index contributed by atoms with van der Waals surface area (Å²) in [5, 5.41) is 9.90. The minimum atomic E-state index is -0.0811. The van der Waals surface area contributed by atoms with E-state index in [0.29, 0.717) is 17.9 Å². The van der Waals surface area contributed by atoms with Crippen LogP contribution in [0.2, 0.25) is 0 Å². The summed E-state index contributed by atoms with van der Waals surface area (Å²) in [6.45, 7) is 7.72. The zero-order chi connectivity index (χ0) is 15.4. The molecule has 0 saturated heterocycles. The second kappa shape index (κ2) is 6.43. The number of para-hydroxylation sites is 2. The third-order valence-electron chi connectivity index (χ3n) is 3.14. The molecule has 0 saturated carbocycles. The van der Waals surface area contributed by atoms with Crippen molar-refractivity contribution in [2.75, 3.05) is 5.32 Å². The number of nitrogens with one attached hydrogen (secondary N) is 2. The Balaban J connectivity index is 2.10. The van der Waals surface area contributed by atoms with Gasteiger partial charge in [0, 0.05) is 11.3 Å². The molecule has 0 unspecified atom stereocenters. The lowest BCUT2D eigenvalue weighted by Crippen LogP contribution is -2.17. The number of carbonyl (C=O) groups excluding carboxylic acids is 1. The summed E-state index contributed by atoms with van der Waals surface area (Å²) in [5.41, 5.74) is 3.41. The van der Waals surface area contributed by atoms with Crippen molar-refractivity contribution in [2.24, 2.45) is 0 Å². The van der Waals surface area contributed by atoms with E-state index < -0.39 is 0 Å². The number of hydrogen-bond donors (Lipinski definition) is 2. The first-order valence-electron chi connectivity index (χ1n) is 7.03. The van der Waals surface area contributed by atoms with Crippen LogP contribution in [-0.2, 0) is 11.2 Å². The molecule has 1 aromatic carbocycles. The molecule has 2 rings (SSSR count). The van der Waals surface area contributed by atoms with Crippen LogP contribution in [0.25, 0.3) is 0 Å². The maximum absolute atomic E-state index is 12.2. The Hall–Kier alpha value is -2.30. The lowest BCUT2D eigenvalue weighted by molar-refractivity contribution is -0.115. The minimum absolute atomic E-state index is 0.0569. The zero-order valence-corrected chi connectivity index (χ0v) is 12.9. The molecule has 1 amide bonds. The molecule has 5 nitrogen and oxygen atoms in total. The number of H-pyrrole nitrogens is 1. The second-order valence-electron chi connectivity index (χ2n) is 5.30. The number of ether oxygens (including phenoxy) is 1. The van der Waals surface area contributed by atoms with Crippen molar-refractivity contribution >= 4 is 11.6 Å². The van der Waals surface area contributed by atoms with Gasteiger partial charge >= 0.3 is 0 Å². The van der Waals surface area contributed by atoms with Crippen molar-refractivity contribution in [1.29, 1.82) is 0 Å². The highest BCUT2D eigenvalue weighted by atomic mass is 16.5. The van der Waals surface area contributed by atoms with Crippen LogP contribution in [0.3, 0.4) is 0 Å². The van der Waals surface area contributed by atoms with E-state index in [0.717, 1.165) is 17.0 Å². The third-order valence-corrected chi connectivity index (χ3v) is 3.14. The largest absolute Gasteiger partial charge is 0.489 e. The lowest BCUT2D eigenvalue weighted by Gasteiger charge is -2.14. The molecule has 0 radical (unpaired) electrons. The van der Waals surface area contributed by atoms with Gasteiger partial charge in [0.15, 0.2) is 0 Å². The van der Waals surface area contributed by atoms with E-state index in [1.54, 1.807) is 0 Å². The lowest BCUT2D eigenvalue weighted by atomic mass is 10.1. The van der Waals surface area contributed by atoms with Crippen molar-refractivity contribution in [3.05, 3.63) is 41.2 Å². The Bertz CT molecular complexity index is 613. The molecule has 0 fully saturated rings. The Morgan fingerprint density at radius 2 is 2.05 bits per heavy atom. The van der Waals surface area contributed by atoms with Crippen LogP contribution in [0.5, 0.6) is 5.75 Å². The molecule has 0 bridgehead atoms. The van der Waals surface area contributed by atoms with Gasteiger partial charge in [-0.25, -0.2) is 0 Å². The fraction of sp³-hybridized carbons (Fsp3) is 0.375. The zero-order valence-electron chi connectivity index (χ0n) is 12.9. The standard InChI is InChI=1S/C16H21N3O2/c1-10(2)21-15-8-6-5-7-14(15)17-16(20)9-13-11(3)18-19-12(13)4/h5-8,10H,9H2,1-4H3,(H,17,20)(H,18,19). The van der Waals surface area contributed by atoms with Crippen LogP contribution in [0, 0.1) is 13.8 Å². The predicted octanol–water partition coefficient (Wildman–Crippen LogP) is 2.99. The molecule has 0 aliphatic rings. The van der Waals surface area contributed by atoms with Gasteiger partial charge in [0.1, 0.15) is 5.75 Å². The van der Waals surface area contributed by atoms with E-state index in [1.165, 1.54) is 0 Å². The summed E-state index contributed by atoms with van der Waals surface area (Å²) in [4.78, 5) is 12.2. The predicted molar refractivity (Wildman–Crippen MR) is 82.6 cm³/mol. The van der Waals surface area contributed by atoms with Crippen LogP contribution in [0.1, 0.15) is 30.8 Å². The summed E-state index contributed by atoms with van der Waals surface area (Å²) in [7, 11) is 0. The molecule has 0 aliphatic heterocycles. The number of hydrogen-bond acceptors (Lipinski definition) is 3. The maximum Gasteiger partial charge on any atom is 0.229 e. The van der Waals surface area contributed by atoms with E-state index in [2.05, 4.69) is 15.5 Å². The number of rotatable bonds is 5. The van der Waals surface area contributed by atoms with Crippen molar-refractivity contribution < 1.29 is 9.53 Å². The first-order valence-corrected chi connectivity index (χ1v) is 7.03. The number of benzene rings is 1. The summed E-state index contributed by atoms with van der Waals surface area (Å²) >= 11 is 0. The summed E-state index contributed by atoms with van der Waals surface area (Å²) in [6.07, 6.45) is 0.353. The minimum Gasteiger partial charge on any atom is -0.489 e. The normalized spacial score (nSPS) is 10.7. The molecule has 0 atom stereocenters. The molecule has 1 heterocycles. The van der Waals surface area contributed by atoms with E-state index in [4.69, 9.17) is 4.74 Å². The molecule has 0 aliphatic carbocycles.